The number of carboxylic acid groups (broad SMARTS) is 1. The van der Waals surface area contributed by atoms with Gasteiger partial charge in [0.05, 0.1) is 17.9 Å². The number of aromatic carboxylic acids is 1. The largest absolute Gasteiger partial charge is 0.478 e. The molecule has 0 atom stereocenters. The Morgan fingerprint density at radius 1 is 1.30 bits per heavy atom. The van der Waals surface area contributed by atoms with E-state index in [0.717, 1.165) is 17.5 Å². The van der Waals surface area contributed by atoms with E-state index in [4.69, 9.17) is 5.11 Å². The third-order valence-corrected chi connectivity index (χ3v) is 2.96. The molecule has 2 aromatic rings. The quantitative estimate of drug-likeness (QED) is 0.931. The van der Waals surface area contributed by atoms with Gasteiger partial charge >= 0.3 is 5.97 Å². The highest BCUT2D eigenvalue weighted by Gasteiger charge is 2.18. The average Bonchev–Trinajstić information content (AvgIpc) is 2.37. The van der Waals surface area contributed by atoms with E-state index in [1.165, 1.54) is 6.07 Å². The van der Waals surface area contributed by atoms with E-state index in [9.17, 15) is 9.18 Å². The van der Waals surface area contributed by atoms with Crippen LogP contribution in [0, 0.1) is 12.7 Å². The Bertz CT molecular complexity index is 644. The Kier molecular flexibility index (Phi) is 3.98. The first kappa shape index (κ1) is 14.0. The maximum Gasteiger partial charge on any atom is 0.340 e. The second-order valence-electron chi connectivity index (χ2n) is 4.57. The molecule has 0 bridgehead atoms. The molecule has 0 aliphatic heterocycles. The van der Waals surface area contributed by atoms with Gasteiger partial charge in [-0.3, -0.25) is 4.98 Å². The number of carbonyl (C=O) groups is 1. The van der Waals surface area contributed by atoms with E-state index in [1.54, 1.807) is 18.0 Å². The van der Waals surface area contributed by atoms with Gasteiger partial charge in [0, 0.05) is 12.7 Å². The molecule has 0 saturated carbocycles. The first-order valence-electron chi connectivity index (χ1n) is 6.14. The number of aryl methyl sites for hydroxylation is 1. The van der Waals surface area contributed by atoms with Crippen molar-refractivity contribution >= 4 is 11.7 Å². The number of halogens is 1. The number of rotatable bonds is 4. The number of hydrogen-bond donors (Lipinski definition) is 1. The zero-order valence-electron chi connectivity index (χ0n) is 11.3. The van der Waals surface area contributed by atoms with Gasteiger partial charge in [0.2, 0.25) is 0 Å². The summed E-state index contributed by atoms with van der Waals surface area (Å²) >= 11 is 0. The average molecular weight is 274 g/mol. The van der Waals surface area contributed by atoms with Crippen molar-refractivity contribution in [2.75, 3.05) is 11.9 Å². The minimum atomic E-state index is -1.28. The summed E-state index contributed by atoms with van der Waals surface area (Å²) < 4.78 is 13.6. The predicted octanol–water partition coefficient (Wildman–Crippen LogP) is 2.86. The highest BCUT2D eigenvalue weighted by atomic mass is 19.1. The van der Waals surface area contributed by atoms with Gasteiger partial charge in [-0.25, -0.2) is 9.18 Å². The van der Waals surface area contributed by atoms with Gasteiger partial charge in [0.1, 0.15) is 11.4 Å². The lowest BCUT2D eigenvalue weighted by Crippen LogP contribution is -2.21. The number of hydrogen-bond acceptors (Lipinski definition) is 3. The first-order chi connectivity index (χ1) is 9.49. The van der Waals surface area contributed by atoms with E-state index in [0.29, 0.717) is 12.2 Å². The molecular weight excluding hydrogens is 259 g/mol. The zero-order chi connectivity index (χ0) is 14.7. The van der Waals surface area contributed by atoms with Crippen molar-refractivity contribution in [3.8, 4) is 0 Å². The SMILES string of the molecule is Cc1cccc(CN(C)c2cccc(F)c2C(=O)O)n1. The molecule has 1 aromatic heterocycles. The number of nitrogens with zero attached hydrogens (tertiary/aromatic N) is 2. The predicted molar refractivity (Wildman–Crippen MR) is 74.4 cm³/mol. The summed E-state index contributed by atoms with van der Waals surface area (Å²) in [4.78, 5) is 17.2. The van der Waals surface area contributed by atoms with E-state index < -0.39 is 11.8 Å². The molecule has 5 heteroatoms. The standard InChI is InChI=1S/C15H15FN2O2/c1-10-5-3-6-11(17-10)9-18(2)13-8-4-7-12(16)14(13)15(19)20/h3-8H,9H2,1-2H3,(H,19,20). The van der Waals surface area contributed by atoms with Crippen LogP contribution in [0.5, 0.6) is 0 Å². The molecule has 0 aliphatic rings. The van der Waals surface area contributed by atoms with Crippen molar-refractivity contribution in [1.29, 1.82) is 0 Å². The van der Waals surface area contributed by atoms with Crippen molar-refractivity contribution in [3.63, 3.8) is 0 Å². The molecule has 0 unspecified atom stereocenters. The maximum absolute atomic E-state index is 13.6. The van der Waals surface area contributed by atoms with Crippen LogP contribution < -0.4 is 4.90 Å². The lowest BCUT2D eigenvalue weighted by Gasteiger charge is -2.21. The fourth-order valence-corrected chi connectivity index (χ4v) is 2.06. The summed E-state index contributed by atoms with van der Waals surface area (Å²) in [5, 5.41) is 9.12. The first-order valence-corrected chi connectivity index (χ1v) is 6.14. The van der Waals surface area contributed by atoms with Gasteiger partial charge in [-0.05, 0) is 31.2 Å². The van der Waals surface area contributed by atoms with Gasteiger partial charge in [-0.15, -0.1) is 0 Å². The van der Waals surface area contributed by atoms with Crippen molar-refractivity contribution in [2.45, 2.75) is 13.5 Å². The van der Waals surface area contributed by atoms with Crippen molar-refractivity contribution in [3.05, 3.63) is 59.2 Å². The molecule has 4 nitrogen and oxygen atoms in total. The van der Waals surface area contributed by atoms with Gasteiger partial charge in [-0.2, -0.15) is 0 Å². The van der Waals surface area contributed by atoms with Gasteiger partial charge < -0.3 is 10.0 Å². The Hall–Kier alpha value is -2.43. The van der Waals surface area contributed by atoms with Crippen LogP contribution in [-0.4, -0.2) is 23.1 Å². The summed E-state index contributed by atoms with van der Waals surface area (Å²) in [5.41, 5.74) is 1.70. The van der Waals surface area contributed by atoms with E-state index in [1.807, 2.05) is 25.1 Å². The molecule has 1 heterocycles. The lowest BCUT2D eigenvalue weighted by molar-refractivity contribution is 0.0692. The molecule has 0 fully saturated rings. The minimum Gasteiger partial charge on any atom is -0.478 e. The van der Waals surface area contributed by atoms with Crippen LogP contribution in [0.1, 0.15) is 21.7 Å². The van der Waals surface area contributed by atoms with Crippen LogP contribution in [0.3, 0.4) is 0 Å². The molecule has 20 heavy (non-hydrogen) atoms. The summed E-state index contributed by atoms with van der Waals surface area (Å²) in [6.07, 6.45) is 0. The Labute approximate surface area is 116 Å². The third kappa shape index (κ3) is 2.93. The van der Waals surface area contributed by atoms with Crippen LogP contribution >= 0.6 is 0 Å². The van der Waals surface area contributed by atoms with Crippen LogP contribution in [0.25, 0.3) is 0 Å². The summed E-state index contributed by atoms with van der Waals surface area (Å²) in [5.74, 6) is -2.01. The molecule has 0 spiro atoms. The number of benzene rings is 1. The van der Waals surface area contributed by atoms with Gasteiger partial charge in [0.15, 0.2) is 0 Å². The van der Waals surface area contributed by atoms with E-state index in [2.05, 4.69) is 4.98 Å². The van der Waals surface area contributed by atoms with Crippen LogP contribution in [0.15, 0.2) is 36.4 Å². The minimum absolute atomic E-state index is 0.317. The van der Waals surface area contributed by atoms with E-state index in [-0.39, 0.29) is 5.56 Å². The second-order valence-corrected chi connectivity index (χ2v) is 4.57. The molecule has 2 rings (SSSR count). The van der Waals surface area contributed by atoms with Crippen LogP contribution in [-0.2, 0) is 6.54 Å². The van der Waals surface area contributed by atoms with Gasteiger partial charge in [-0.1, -0.05) is 12.1 Å². The van der Waals surface area contributed by atoms with Crippen molar-refractivity contribution in [1.82, 2.24) is 4.98 Å². The fraction of sp³-hybridized carbons (Fsp3) is 0.200. The smallest absolute Gasteiger partial charge is 0.340 e. The number of carboxylic acids is 1. The maximum atomic E-state index is 13.6. The molecule has 0 aliphatic carbocycles. The highest BCUT2D eigenvalue weighted by molar-refractivity contribution is 5.94. The number of pyridine rings is 1. The molecule has 104 valence electrons. The monoisotopic (exact) mass is 274 g/mol. The fourth-order valence-electron chi connectivity index (χ4n) is 2.06. The summed E-state index contributed by atoms with van der Waals surface area (Å²) in [6, 6.07) is 9.85. The number of anilines is 1. The molecular formula is C15H15FN2O2. The lowest BCUT2D eigenvalue weighted by atomic mass is 10.1. The highest BCUT2D eigenvalue weighted by Crippen LogP contribution is 2.23. The molecule has 1 N–H and O–H groups in total. The Morgan fingerprint density at radius 3 is 2.65 bits per heavy atom. The normalized spacial score (nSPS) is 10.3. The zero-order valence-corrected chi connectivity index (χ0v) is 11.3. The number of aromatic nitrogens is 1. The topological polar surface area (TPSA) is 53.4 Å². The third-order valence-electron chi connectivity index (χ3n) is 2.96. The van der Waals surface area contributed by atoms with Crippen LogP contribution in [0.4, 0.5) is 10.1 Å². The Morgan fingerprint density at radius 2 is 2.00 bits per heavy atom. The molecule has 1 aromatic carbocycles. The molecule has 0 amide bonds. The summed E-state index contributed by atoms with van der Waals surface area (Å²) in [7, 11) is 1.71. The molecule has 0 radical (unpaired) electrons. The van der Waals surface area contributed by atoms with Crippen LogP contribution in [0.2, 0.25) is 0 Å². The van der Waals surface area contributed by atoms with Crippen molar-refractivity contribution < 1.29 is 14.3 Å². The van der Waals surface area contributed by atoms with Gasteiger partial charge in [0.25, 0.3) is 0 Å². The molecule has 0 saturated heterocycles. The second kappa shape index (κ2) is 5.69. The van der Waals surface area contributed by atoms with E-state index >= 15 is 0 Å². The Balaban J connectivity index is 2.32. The van der Waals surface area contributed by atoms with Crippen molar-refractivity contribution in [2.24, 2.45) is 0 Å². The summed E-state index contributed by atoms with van der Waals surface area (Å²) in [6.45, 7) is 2.29.